The van der Waals surface area contributed by atoms with E-state index in [2.05, 4.69) is 19.2 Å². The number of hydrogen-bond acceptors (Lipinski definition) is 2. The summed E-state index contributed by atoms with van der Waals surface area (Å²) in [7, 11) is 0. The highest BCUT2D eigenvalue weighted by molar-refractivity contribution is 5.85. The van der Waals surface area contributed by atoms with Gasteiger partial charge in [0.05, 0.1) is 0 Å². The highest BCUT2D eigenvalue weighted by Gasteiger charge is 2.45. The van der Waals surface area contributed by atoms with E-state index in [1.54, 1.807) is 0 Å². The maximum Gasteiger partial charge on any atom is 0.221 e. The maximum absolute atomic E-state index is 11.8. The van der Waals surface area contributed by atoms with Gasteiger partial charge in [-0.05, 0) is 23.3 Å². The van der Waals surface area contributed by atoms with Gasteiger partial charge in [0.1, 0.15) is 0 Å². The molecule has 2 rings (SSSR count). The standard InChI is InChI=1S/C15H22N2O.ClH/c1-15(2)9-12(15)10-17-14(18)8-13(16)11-6-4-3-5-7-11;/h3-7,12-13H,8-10,16H2,1-2H3,(H,17,18);1H. The Bertz CT molecular complexity index is 419. The second kappa shape index (κ2) is 6.40. The van der Waals surface area contributed by atoms with E-state index in [9.17, 15) is 4.79 Å². The van der Waals surface area contributed by atoms with Crippen LogP contribution >= 0.6 is 12.4 Å². The van der Waals surface area contributed by atoms with Gasteiger partial charge in [-0.1, -0.05) is 44.2 Å². The topological polar surface area (TPSA) is 55.1 Å². The van der Waals surface area contributed by atoms with Crippen molar-refractivity contribution in [2.75, 3.05) is 6.54 Å². The van der Waals surface area contributed by atoms with Crippen LogP contribution in [0.1, 0.15) is 38.3 Å². The first kappa shape index (κ1) is 16.0. The summed E-state index contributed by atoms with van der Waals surface area (Å²) in [5, 5.41) is 2.98. The highest BCUT2D eigenvalue weighted by atomic mass is 35.5. The van der Waals surface area contributed by atoms with Gasteiger partial charge in [0.15, 0.2) is 0 Å². The Morgan fingerprint density at radius 1 is 1.42 bits per heavy atom. The minimum atomic E-state index is -0.210. The minimum Gasteiger partial charge on any atom is -0.356 e. The molecule has 0 aliphatic heterocycles. The maximum atomic E-state index is 11.8. The first-order valence-corrected chi connectivity index (χ1v) is 6.56. The third-order valence-corrected chi connectivity index (χ3v) is 3.90. The largest absolute Gasteiger partial charge is 0.356 e. The summed E-state index contributed by atoms with van der Waals surface area (Å²) in [5.74, 6) is 0.684. The molecule has 1 aliphatic carbocycles. The molecule has 0 bridgehead atoms. The molecule has 1 saturated carbocycles. The number of halogens is 1. The minimum absolute atomic E-state index is 0. The summed E-state index contributed by atoms with van der Waals surface area (Å²) in [6.45, 7) is 5.26. The molecule has 0 radical (unpaired) electrons. The van der Waals surface area contributed by atoms with E-state index in [0.717, 1.165) is 12.1 Å². The summed E-state index contributed by atoms with van der Waals surface area (Å²) < 4.78 is 0. The van der Waals surface area contributed by atoms with E-state index < -0.39 is 0 Å². The van der Waals surface area contributed by atoms with Crippen molar-refractivity contribution in [3.05, 3.63) is 35.9 Å². The Kier molecular flexibility index (Phi) is 5.39. The van der Waals surface area contributed by atoms with Crippen molar-refractivity contribution < 1.29 is 4.79 Å². The molecule has 4 heteroatoms. The van der Waals surface area contributed by atoms with Gasteiger partial charge in [0.2, 0.25) is 5.91 Å². The number of rotatable bonds is 5. The fraction of sp³-hybridized carbons (Fsp3) is 0.533. The van der Waals surface area contributed by atoms with Gasteiger partial charge in [-0.2, -0.15) is 0 Å². The Hall–Kier alpha value is -1.06. The van der Waals surface area contributed by atoms with Crippen LogP contribution in [0.15, 0.2) is 30.3 Å². The van der Waals surface area contributed by atoms with Crippen molar-refractivity contribution in [1.82, 2.24) is 5.32 Å². The molecule has 1 fully saturated rings. The lowest BCUT2D eigenvalue weighted by Gasteiger charge is -2.12. The van der Waals surface area contributed by atoms with E-state index in [1.165, 1.54) is 6.42 Å². The number of carbonyl (C=O) groups is 1. The Labute approximate surface area is 121 Å². The van der Waals surface area contributed by atoms with Crippen LogP contribution in [-0.4, -0.2) is 12.5 Å². The average molecular weight is 283 g/mol. The van der Waals surface area contributed by atoms with Crippen LogP contribution < -0.4 is 11.1 Å². The number of amides is 1. The highest BCUT2D eigenvalue weighted by Crippen LogP contribution is 2.50. The van der Waals surface area contributed by atoms with Crippen molar-refractivity contribution in [2.45, 2.75) is 32.7 Å². The average Bonchev–Trinajstić information content (AvgIpc) is 2.96. The second-order valence-electron chi connectivity index (χ2n) is 5.92. The summed E-state index contributed by atoms with van der Waals surface area (Å²) in [5.41, 5.74) is 7.44. The molecular formula is C15H23ClN2O. The van der Waals surface area contributed by atoms with Crippen molar-refractivity contribution in [1.29, 1.82) is 0 Å². The fourth-order valence-electron chi connectivity index (χ4n) is 2.25. The zero-order valence-electron chi connectivity index (χ0n) is 11.6. The van der Waals surface area contributed by atoms with E-state index in [1.807, 2.05) is 30.3 Å². The smallest absolute Gasteiger partial charge is 0.221 e. The monoisotopic (exact) mass is 282 g/mol. The molecule has 1 aliphatic rings. The molecular weight excluding hydrogens is 260 g/mol. The fourth-order valence-corrected chi connectivity index (χ4v) is 2.25. The first-order valence-electron chi connectivity index (χ1n) is 6.56. The van der Waals surface area contributed by atoms with Crippen LogP contribution in [0.3, 0.4) is 0 Å². The zero-order valence-corrected chi connectivity index (χ0v) is 12.4. The lowest BCUT2D eigenvalue weighted by molar-refractivity contribution is -0.121. The van der Waals surface area contributed by atoms with Gasteiger partial charge in [0.25, 0.3) is 0 Å². The Morgan fingerprint density at radius 3 is 2.53 bits per heavy atom. The molecule has 1 amide bonds. The predicted molar refractivity (Wildman–Crippen MR) is 80.1 cm³/mol. The Balaban J connectivity index is 0.00000180. The molecule has 0 spiro atoms. The van der Waals surface area contributed by atoms with Crippen LogP contribution in [0.4, 0.5) is 0 Å². The Morgan fingerprint density at radius 2 is 2.00 bits per heavy atom. The molecule has 3 N–H and O–H groups in total. The zero-order chi connectivity index (χ0) is 13.2. The third kappa shape index (κ3) is 4.51. The van der Waals surface area contributed by atoms with E-state index in [-0.39, 0.29) is 24.4 Å². The van der Waals surface area contributed by atoms with Gasteiger partial charge in [0, 0.05) is 19.0 Å². The number of nitrogens with one attached hydrogen (secondary N) is 1. The number of nitrogens with two attached hydrogens (primary N) is 1. The quantitative estimate of drug-likeness (QED) is 0.872. The lowest BCUT2D eigenvalue weighted by atomic mass is 10.0. The van der Waals surface area contributed by atoms with Crippen LogP contribution in [0.25, 0.3) is 0 Å². The van der Waals surface area contributed by atoms with Gasteiger partial charge < -0.3 is 11.1 Å². The van der Waals surface area contributed by atoms with Crippen molar-refractivity contribution in [3.8, 4) is 0 Å². The lowest BCUT2D eigenvalue weighted by Crippen LogP contribution is -2.29. The van der Waals surface area contributed by atoms with Crippen molar-refractivity contribution in [3.63, 3.8) is 0 Å². The summed E-state index contributed by atoms with van der Waals surface area (Å²) >= 11 is 0. The van der Waals surface area contributed by atoms with Crippen LogP contribution in [0.2, 0.25) is 0 Å². The van der Waals surface area contributed by atoms with Crippen molar-refractivity contribution >= 4 is 18.3 Å². The van der Waals surface area contributed by atoms with Crippen molar-refractivity contribution in [2.24, 2.45) is 17.1 Å². The summed E-state index contributed by atoms with van der Waals surface area (Å²) in [6.07, 6.45) is 1.56. The molecule has 1 aromatic carbocycles. The molecule has 1 aromatic rings. The molecule has 2 atom stereocenters. The number of benzene rings is 1. The number of hydrogen-bond donors (Lipinski definition) is 2. The molecule has 0 heterocycles. The molecule has 19 heavy (non-hydrogen) atoms. The normalized spacial score (nSPS) is 21.1. The predicted octanol–water partition coefficient (Wildman–Crippen LogP) is 2.66. The first-order chi connectivity index (χ1) is 8.49. The van der Waals surface area contributed by atoms with Gasteiger partial charge >= 0.3 is 0 Å². The van der Waals surface area contributed by atoms with Gasteiger partial charge in [-0.25, -0.2) is 0 Å². The van der Waals surface area contributed by atoms with Crippen LogP contribution in [0.5, 0.6) is 0 Å². The van der Waals surface area contributed by atoms with Crippen LogP contribution in [0, 0.1) is 11.3 Å². The molecule has 0 aromatic heterocycles. The van der Waals surface area contributed by atoms with Gasteiger partial charge in [-0.15, -0.1) is 12.4 Å². The van der Waals surface area contributed by atoms with E-state index in [0.29, 0.717) is 17.8 Å². The molecule has 2 unspecified atom stereocenters. The molecule has 0 saturated heterocycles. The SMILES string of the molecule is CC1(C)CC1CNC(=O)CC(N)c1ccccc1.Cl. The molecule has 3 nitrogen and oxygen atoms in total. The van der Waals surface area contributed by atoms with Crippen LogP contribution in [-0.2, 0) is 4.79 Å². The summed E-state index contributed by atoms with van der Waals surface area (Å²) in [6, 6.07) is 9.55. The number of carbonyl (C=O) groups excluding carboxylic acids is 1. The van der Waals surface area contributed by atoms with E-state index >= 15 is 0 Å². The molecule has 106 valence electrons. The van der Waals surface area contributed by atoms with Gasteiger partial charge in [-0.3, -0.25) is 4.79 Å². The summed E-state index contributed by atoms with van der Waals surface area (Å²) in [4.78, 5) is 11.8. The van der Waals surface area contributed by atoms with E-state index in [4.69, 9.17) is 5.73 Å². The third-order valence-electron chi connectivity index (χ3n) is 3.90. The second-order valence-corrected chi connectivity index (χ2v) is 5.92.